The molecule has 1 aliphatic heterocycles. The van der Waals surface area contributed by atoms with Crippen molar-refractivity contribution < 1.29 is 9.90 Å². The predicted molar refractivity (Wildman–Crippen MR) is 172 cm³/mol. The highest BCUT2D eigenvalue weighted by molar-refractivity contribution is 5.83. The first-order valence-corrected chi connectivity index (χ1v) is 15.7. The topological polar surface area (TPSA) is 99.2 Å². The number of aliphatic hydroxyl groups is 1. The van der Waals surface area contributed by atoms with Crippen LogP contribution in [0.15, 0.2) is 71.8 Å². The maximum atomic E-state index is 13.7. The molecular formula is C37H42N4O3. The minimum Gasteiger partial charge on any atom is -0.378 e. The molecule has 2 N–H and O–H groups in total. The van der Waals surface area contributed by atoms with Gasteiger partial charge in [0.1, 0.15) is 5.82 Å². The third-order valence-electron chi connectivity index (χ3n) is 9.28. The standard InChI is InChI=1S/C37H42N4O3/c1-23(2)27-19-29(21-38-20-27)37(14-15-37)35-39-31-13-8-16-41(22-30(31)33(43)40-35)34(44)32(42)26-11-6-9-24(17-26)25-10-7-12-28(18-25)36(3,4)5/h6-7,9-12,17-21,23,32,42H,8,13-16,22H2,1-5H3,(H,39,40,43)/t32-/m1/s1. The van der Waals surface area contributed by atoms with Gasteiger partial charge in [0.2, 0.25) is 0 Å². The van der Waals surface area contributed by atoms with Gasteiger partial charge in [-0.15, -0.1) is 0 Å². The van der Waals surface area contributed by atoms with E-state index in [1.54, 1.807) is 11.0 Å². The van der Waals surface area contributed by atoms with Crippen LogP contribution in [-0.4, -0.2) is 37.4 Å². The summed E-state index contributed by atoms with van der Waals surface area (Å²) in [5, 5.41) is 11.3. The highest BCUT2D eigenvalue weighted by atomic mass is 16.3. The molecule has 4 aromatic rings. The summed E-state index contributed by atoms with van der Waals surface area (Å²) in [7, 11) is 0. The molecule has 0 spiro atoms. The molecule has 1 aliphatic carbocycles. The summed E-state index contributed by atoms with van der Waals surface area (Å²) in [4.78, 5) is 41.3. The Balaban J connectivity index is 1.24. The van der Waals surface area contributed by atoms with Gasteiger partial charge >= 0.3 is 0 Å². The number of carbonyl (C=O) groups excluding carboxylic acids is 1. The maximum absolute atomic E-state index is 13.7. The fraction of sp³-hybridized carbons (Fsp3) is 0.405. The number of fused-ring (bicyclic) bond motifs is 1. The molecule has 1 amide bonds. The van der Waals surface area contributed by atoms with Crippen LogP contribution in [0, 0.1) is 0 Å². The Bertz CT molecular complexity index is 1760. The lowest BCUT2D eigenvalue weighted by atomic mass is 9.85. The maximum Gasteiger partial charge on any atom is 0.256 e. The SMILES string of the molecule is CC(C)c1cncc(C2(c3nc4c(c(=O)[nH]3)CN(C(=O)[C@H](O)c3cccc(-c5cccc(C(C)(C)C)c5)c3)CCC4)CC2)c1. The number of hydrogen-bond acceptors (Lipinski definition) is 5. The Hall–Kier alpha value is -4.10. The van der Waals surface area contributed by atoms with Gasteiger partial charge < -0.3 is 15.0 Å². The second-order valence-corrected chi connectivity index (χ2v) is 13.8. The molecule has 1 saturated carbocycles. The molecule has 0 bridgehead atoms. The van der Waals surface area contributed by atoms with Crippen molar-refractivity contribution in [2.24, 2.45) is 0 Å². The Labute approximate surface area is 259 Å². The van der Waals surface area contributed by atoms with E-state index in [-0.39, 0.29) is 22.9 Å². The lowest BCUT2D eigenvalue weighted by Crippen LogP contribution is -2.36. The van der Waals surface area contributed by atoms with Crippen LogP contribution in [-0.2, 0) is 28.6 Å². The van der Waals surface area contributed by atoms with Gasteiger partial charge in [-0.25, -0.2) is 4.98 Å². The highest BCUT2D eigenvalue weighted by Gasteiger charge is 2.49. The molecule has 7 heteroatoms. The summed E-state index contributed by atoms with van der Waals surface area (Å²) in [5.41, 5.74) is 6.72. The van der Waals surface area contributed by atoms with Crippen molar-refractivity contribution in [3.05, 3.63) is 117 Å². The Morgan fingerprint density at radius 3 is 2.43 bits per heavy atom. The van der Waals surface area contributed by atoms with Crippen molar-refractivity contribution in [1.29, 1.82) is 0 Å². The second kappa shape index (κ2) is 11.4. The number of aromatic nitrogens is 3. The Morgan fingerprint density at radius 1 is 1.00 bits per heavy atom. The fourth-order valence-corrected chi connectivity index (χ4v) is 6.23. The molecule has 3 heterocycles. The van der Waals surface area contributed by atoms with Crippen molar-refractivity contribution >= 4 is 5.91 Å². The summed E-state index contributed by atoms with van der Waals surface area (Å²) in [6.45, 7) is 11.4. The van der Waals surface area contributed by atoms with E-state index < -0.39 is 12.0 Å². The summed E-state index contributed by atoms with van der Waals surface area (Å²) < 4.78 is 0. The largest absolute Gasteiger partial charge is 0.378 e. The van der Waals surface area contributed by atoms with Crippen LogP contribution in [0.25, 0.3) is 11.1 Å². The molecule has 228 valence electrons. The van der Waals surface area contributed by atoms with Crippen LogP contribution in [0.3, 0.4) is 0 Å². The third-order valence-corrected chi connectivity index (χ3v) is 9.28. The van der Waals surface area contributed by atoms with Gasteiger partial charge in [0.15, 0.2) is 6.10 Å². The summed E-state index contributed by atoms with van der Waals surface area (Å²) in [5.74, 6) is 0.645. The minimum atomic E-state index is -1.33. The molecule has 2 aromatic heterocycles. The third kappa shape index (κ3) is 5.73. The smallest absolute Gasteiger partial charge is 0.256 e. The Morgan fingerprint density at radius 2 is 1.73 bits per heavy atom. The number of amides is 1. The minimum absolute atomic E-state index is 0.00885. The first kappa shape index (κ1) is 29.9. The lowest BCUT2D eigenvalue weighted by molar-refractivity contribution is -0.141. The van der Waals surface area contributed by atoms with E-state index >= 15 is 0 Å². The molecule has 6 rings (SSSR count). The molecule has 0 unspecified atom stereocenters. The first-order valence-electron chi connectivity index (χ1n) is 15.7. The number of carbonyl (C=O) groups is 1. The lowest BCUT2D eigenvalue weighted by Gasteiger charge is -2.24. The number of aryl methyl sites for hydroxylation is 1. The molecular weight excluding hydrogens is 548 g/mol. The molecule has 2 aliphatic rings. The average Bonchev–Trinajstić information content (AvgIpc) is 3.85. The van der Waals surface area contributed by atoms with Gasteiger partial charge in [-0.05, 0) is 76.5 Å². The summed E-state index contributed by atoms with van der Waals surface area (Å²) >= 11 is 0. The number of hydrogen-bond donors (Lipinski definition) is 2. The summed E-state index contributed by atoms with van der Waals surface area (Å²) in [6.07, 6.45) is 5.55. The van der Waals surface area contributed by atoms with Gasteiger partial charge in [-0.1, -0.05) is 83.1 Å². The quantitative estimate of drug-likeness (QED) is 0.273. The van der Waals surface area contributed by atoms with Crippen molar-refractivity contribution in [3.63, 3.8) is 0 Å². The molecule has 0 radical (unpaired) electrons. The average molecular weight is 591 g/mol. The van der Waals surface area contributed by atoms with Gasteiger partial charge in [0.25, 0.3) is 11.5 Å². The van der Waals surface area contributed by atoms with Crippen molar-refractivity contribution in [2.75, 3.05) is 6.54 Å². The normalized spacial score (nSPS) is 16.8. The second-order valence-electron chi connectivity index (χ2n) is 13.8. The molecule has 2 aromatic carbocycles. The number of nitrogens with one attached hydrogen (secondary N) is 1. The zero-order valence-corrected chi connectivity index (χ0v) is 26.4. The van der Waals surface area contributed by atoms with E-state index in [0.717, 1.165) is 35.2 Å². The molecule has 0 saturated heterocycles. The van der Waals surface area contributed by atoms with E-state index in [1.807, 2.05) is 42.7 Å². The molecule has 44 heavy (non-hydrogen) atoms. The van der Waals surface area contributed by atoms with Crippen molar-refractivity contribution in [2.45, 2.75) is 89.7 Å². The van der Waals surface area contributed by atoms with Crippen LogP contribution in [0.5, 0.6) is 0 Å². The Kier molecular flexibility index (Phi) is 7.78. The van der Waals surface area contributed by atoms with E-state index in [9.17, 15) is 14.7 Å². The molecule has 1 atom stereocenters. The first-order chi connectivity index (χ1) is 21.0. The van der Waals surface area contributed by atoms with Crippen LogP contribution in [0.2, 0.25) is 0 Å². The molecule has 7 nitrogen and oxygen atoms in total. The number of nitrogens with zero attached hydrogens (tertiary/aromatic N) is 3. The number of H-pyrrole nitrogens is 1. The molecule has 1 fully saturated rings. The van der Waals surface area contributed by atoms with Gasteiger partial charge in [-0.3, -0.25) is 14.6 Å². The van der Waals surface area contributed by atoms with E-state index in [4.69, 9.17) is 4.98 Å². The van der Waals surface area contributed by atoms with Crippen LogP contribution < -0.4 is 5.56 Å². The van der Waals surface area contributed by atoms with Crippen molar-refractivity contribution in [1.82, 2.24) is 19.9 Å². The number of rotatable bonds is 6. The van der Waals surface area contributed by atoms with Gasteiger partial charge in [-0.2, -0.15) is 0 Å². The van der Waals surface area contributed by atoms with Crippen LogP contribution in [0.1, 0.15) is 105 Å². The van der Waals surface area contributed by atoms with E-state index in [0.29, 0.717) is 42.3 Å². The monoisotopic (exact) mass is 590 g/mol. The fourth-order valence-electron chi connectivity index (χ4n) is 6.23. The van der Waals surface area contributed by atoms with Crippen molar-refractivity contribution in [3.8, 4) is 11.1 Å². The van der Waals surface area contributed by atoms with Crippen LogP contribution in [0.4, 0.5) is 0 Å². The highest BCUT2D eigenvalue weighted by Crippen LogP contribution is 2.52. The summed E-state index contributed by atoms with van der Waals surface area (Å²) in [6, 6.07) is 18.1. The van der Waals surface area contributed by atoms with Crippen LogP contribution >= 0.6 is 0 Å². The zero-order valence-electron chi connectivity index (χ0n) is 26.4. The number of aliphatic hydroxyl groups excluding tert-OH is 1. The number of aromatic amines is 1. The zero-order chi connectivity index (χ0) is 31.2. The number of benzene rings is 2. The predicted octanol–water partition coefficient (Wildman–Crippen LogP) is 6.34. The van der Waals surface area contributed by atoms with E-state index in [2.05, 4.69) is 62.8 Å². The van der Waals surface area contributed by atoms with Gasteiger partial charge in [0, 0.05) is 18.9 Å². The van der Waals surface area contributed by atoms with E-state index in [1.165, 1.54) is 11.1 Å². The number of pyridine rings is 1. The van der Waals surface area contributed by atoms with Gasteiger partial charge in [0.05, 0.1) is 23.2 Å².